The number of amides is 2. The van der Waals surface area contributed by atoms with Crippen LogP contribution in [0.15, 0.2) is 12.2 Å². The summed E-state index contributed by atoms with van der Waals surface area (Å²) >= 11 is 0. The van der Waals surface area contributed by atoms with Crippen LogP contribution in [0.5, 0.6) is 0 Å². The first-order valence-corrected chi connectivity index (χ1v) is 29.4. The van der Waals surface area contributed by atoms with Gasteiger partial charge in [0.2, 0.25) is 11.8 Å². The maximum Gasteiger partial charge on any atom is 0.220 e. The number of allylic oxidation sites excluding steroid dienone is 1. The molecule has 3 aliphatic rings. The fourth-order valence-corrected chi connectivity index (χ4v) is 10.2. The van der Waals surface area contributed by atoms with Crippen molar-refractivity contribution in [2.24, 2.45) is 0 Å². The lowest BCUT2D eigenvalue weighted by atomic mass is 9.95. The van der Waals surface area contributed by atoms with Crippen LogP contribution >= 0.6 is 0 Å². The van der Waals surface area contributed by atoms with Crippen LogP contribution in [0.25, 0.3) is 0 Å². The summed E-state index contributed by atoms with van der Waals surface area (Å²) in [5.74, 6) is -0.945. The first-order valence-electron chi connectivity index (χ1n) is 29.4. The molecule has 446 valence electrons. The Bertz CT molecular complexity index is 1520. The number of aliphatic hydroxyl groups excluding tert-OH is 10. The van der Waals surface area contributed by atoms with Crippen molar-refractivity contribution in [2.45, 2.75) is 305 Å². The molecule has 0 unspecified atom stereocenters. The predicted molar refractivity (Wildman–Crippen MR) is 284 cm³/mol. The molecule has 3 fully saturated rings. The Kier molecular flexibility index (Phi) is 36.2. The van der Waals surface area contributed by atoms with Crippen molar-refractivity contribution >= 4 is 11.8 Å². The molecule has 20 nitrogen and oxygen atoms in total. The lowest BCUT2D eigenvalue weighted by Gasteiger charge is -2.48. The van der Waals surface area contributed by atoms with Gasteiger partial charge in [0.25, 0.3) is 0 Å². The van der Waals surface area contributed by atoms with Crippen molar-refractivity contribution in [3.63, 3.8) is 0 Å². The standard InChI is InChI=1S/C56H104N2O18/c1-4-6-8-10-12-14-16-18-19-21-23-25-27-29-31-33-44(64)58-39(40(63)32-30-28-26-24-22-20-17-15-13-11-9-7-5-2)37-71-55-50(69)49(68)52(43(36-61)74-55)75-56-51(70)53(47(66)42(35-60)73-56)76-54-45(57-38(3)62)48(67)46(65)41(34-59)72-54/h30,32,39-43,45-56,59-61,63,65-70H,4-29,31,33-37H2,1-3H3,(H,57,62)(H,58,64)/b32-30+/t39-,40+,41+,42+,43+,45+,46+,47+,48+,49+,50+,51-,52+,53-,54-,55+,56-/m0/s1. The third-order valence-electron chi connectivity index (χ3n) is 15.0. The van der Waals surface area contributed by atoms with Gasteiger partial charge in [0.05, 0.1) is 38.6 Å². The van der Waals surface area contributed by atoms with Gasteiger partial charge in [-0.3, -0.25) is 9.59 Å². The molecule has 20 heteroatoms. The van der Waals surface area contributed by atoms with Gasteiger partial charge in [-0.15, -0.1) is 0 Å². The molecular weight excluding hydrogens is 989 g/mol. The van der Waals surface area contributed by atoms with Gasteiger partial charge in [0.1, 0.15) is 73.2 Å². The van der Waals surface area contributed by atoms with E-state index in [4.69, 9.17) is 28.4 Å². The highest BCUT2D eigenvalue weighted by Crippen LogP contribution is 2.33. The fraction of sp³-hybridized carbons (Fsp3) is 0.929. The molecule has 17 atom stereocenters. The number of nitrogens with one attached hydrogen (secondary N) is 2. The van der Waals surface area contributed by atoms with Crippen LogP contribution in [0.2, 0.25) is 0 Å². The number of ether oxygens (including phenoxy) is 6. The van der Waals surface area contributed by atoms with Crippen LogP contribution in [-0.2, 0) is 38.0 Å². The molecule has 12 N–H and O–H groups in total. The van der Waals surface area contributed by atoms with Crippen LogP contribution in [-0.4, -0.2) is 194 Å². The lowest BCUT2D eigenvalue weighted by Crippen LogP contribution is -2.68. The number of carbonyl (C=O) groups is 2. The van der Waals surface area contributed by atoms with E-state index in [9.17, 15) is 60.7 Å². The molecule has 2 amide bonds. The molecule has 0 radical (unpaired) electrons. The molecule has 3 rings (SSSR count). The molecule has 0 aromatic carbocycles. The summed E-state index contributed by atoms with van der Waals surface area (Å²) in [6, 6.07) is -2.45. The first-order chi connectivity index (χ1) is 36.7. The van der Waals surface area contributed by atoms with Gasteiger partial charge in [-0.1, -0.05) is 180 Å². The van der Waals surface area contributed by atoms with Gasteiger partial charge in [-0.2, -0.15) is 0 Å². The smallest absolute Gasteiger partial charge is 0.220 e. The van der Waals surface area contributed by atoms with Crippen molar-refractivity contribution in [3.8, 4) is 0 Å². The van der Waals surface area contributed by atoms with Gasteiger partial charge >= 0.3 is 0 Å². The quantitative estimate of drug-likeness (QED) is 0.0304. The summed E-state index contributed by atoms with van der Waals surface area (Å²) < 4.78 is 34.9. The molecule has 3 saturated heterocycles. The highest BCUT2D eigenvalue weighted by Gasteiger charge is 2.54. The fourth-order valence-electron chi connectivity index (χ4n) is 10.2. The lowest BCUT2D eigenvalue weighted by molar-refractivity contribution is -0.375. The van der Waals surface area contributed by atoms with Gasteiger partial charge in [0.15, 0.2) is 18.9 Å². The maximum absolute atomic E-state index is 13.3. The first kappa shape index (κ1) is 68.3. The van der Waals surface area contributed by atoms with E-state index >= 15 is 0 Å². The van der Waals surface area contributed by atoms with E-state index in [0.717, 1.165) is 51.9 Å². The van der Waals surface area contributed by atoms with Crippen molar-refractivity contribution in [1.82, 2.24) is 10.6 Å². The zero-order valence-corrected chi connectivity index (χ0v) is 46.3. The van der Waals surface area contributed by atoms with Gasteiger partial charge < -0.3 is 90.1 Å². The molecule has 0 aliphatic carbocycles. The third kappa shape index (κ3) is 24.8. The average Bonchev–Trinajstić information content (AvgIpc) is 3.41. The summed E-state index contributed by atoms with van der Waals surface area (Å²) in [5, 5.41) is 114. The Morgan fingerprint density at radius 1 is 0.513 bits per heavy atom. The summed E-state index contributed by atoms with van der Waals surface area (Å²) in [6.45, 7) is 2.78. The highest BCUT2D eigenvalue weighted by atomic mass is 16.8. The van der Waals surface area contributed by atoms with Gasteiger partial charge in [0, 0.05) is 13.3 Å². The van der Waals surface area contributed by atoms with E-state index in [1.165, 1.54) is 122 Å². The van der Waals surface area contributed by atoms with Crippen LogP contribution in [0, 0.1) is 0 Å². The maximum atomic E-state index is 13.3. The van der Waals surface area contributed by atoms with E-state index in [2.05, 4.69) is 24.5 Å². The molecule has 0 bridgehead atoms. The number of rotatable bonds is 42. The number of aliphatic hydroxyl groups is 10. The number of hydrogen-bond acceptors (Lipinski definition) is 18. The van der Waals surface area contributed by atoms with Crippen LogP contribution in [0.3, 0.4) is 0 Å². The Labute approximate surface area is 453 Å². The van der Waals surface area contributed by atoms with E-state index in [1.54, 1.807) is 6.08 Å². The highest BCUT2D eigenvalue weighted by molar-refractivity contribution is 5.76. The van der Waals surface area contributed by atoms with E-state index in [-0.39, 0.29) is 18.9 Å². The minimum Gasteiger partial charge on any atom is -0.394 e. The van der Waals surface area contributed by atoms with Crippen molar-refractivity contribution in [3.05, 3.63) is 12.2 Å². The van der Waals surface area contributed by atoms with Crippen molar-refractivity contribution in [1.29, 1.82) is 0 Å². The average molecular weight is 1090 g/mol. The minimum absolute atomic E-state index is 0.240. The van der Waals surface area contributed by atoms with Crippen LogP contribution in [0.1, 0.15) is 201 Å². The number of carbonyl (C=O) groups excluding carboxylic acids is 2. The van der Waals surface area contributed by atoms with Crippen molar-refractivity contribution in [2.75, 3.05) is 26.4 Å². The molecular formula is C56H104N2O18. The second-order valence-corrected chi connectivity index (χ2v) is 21.5. The molecule has 76 heavy (non-hydrogen) atoms. The third-order valence-corrected chi connectivity index (χ3v) is 15.0. The monoisotopic (exact) mass is 1090 g/mol. The molecule has 0 aromatic rings. The van der Waals surface area contributed by atoms with Crippen LogP contribution in [0.4, 0.5) is 0 Å². The summed E-state index contributed by atoms with van der Waals surface area (Å²) in [4.78, 5) is 25.3. The molecule has 3 heterocycles. The Morgan fingerprint density at radius 3 is 1.46 bits per heavy atom. The SMILES string of the molecule is CCCCCCCCCCCCC/C=C/[C@@H](O)[C@H](CO[C@@H]1O[C@H](CO)[C@@H](O[C@@H]2O[C@H](CO)[C@@H](O)[C@H](O[C@@H]3O[C@H](CO)[C@@H](O)[C@H](O)[C@H]3NC(C)=O)[C@@H]2O)[C@H](O)[C@H]1O)NC(=O)CCCCCCCCCCCCCCCCC. The summed E-state index contributed by atoms with van der Waals surface area (Å²) in [5.41, 5.74) is 0. The van der Waals surface area contributed by atoms with E-state index < -0.39 is 130 Å². The van der Waals surface area contributed by atoms with Gasteiger partial charge in [-0.25, -0.2) is 0 Å². The largest absolute Gasteiger partial charge is 0.394 e. The molecule has 0 spiro atoms. The van der Waals surface area contributed by atoms with Crippen LogP contribution < -0.4 is 10.6 Å². The number of hydrogen-bond donors (Lipinski definition) is 12. The predicted octanol–water partition coefficient (Wildman–Crippen LogP) is 3.96. The normalized spacial score (nSPS) is 30.9. The summed E-state index contributed by atoms with van der Waals surface area (Å²) in [7, 11) is 0. The Balaban J connectivity index is 1.59. The molecule has 0 saturated carbocycles. The molecule has 0 aromatic heterocycles. The minimum atomic E-state index is -1.98. The van der Waals surface area contributed by atoms with Crippen molar-refractivity contribution < 1.29 is 89.1 Å². The number of unbranched alkanes of at least 4 members (excludes halogenated alkanes) is 25. The topological polar surface area (TPSA) is 316 Å². The second kappa shape index (κ2) is 40.3. The zero-order valence-electron chi connectivity index (χ0n) is 46.3. The summed E-state index contributed by atoms with van der Waals surface area (Å²) in [6.07, 6.45) is 10.8. The second-order valence-electron chi connectivity index (χ2n) is 21.5. The Hall–Kier alpha value is -1.96. The zero-order chi connectivity index (χ0) is 55.7. The van der Waals surface area contributed by atoms with E-state index in [0.29, 0.717) is 6.42 Å². The Morgan fingerprint density at radius 2 is 0.961 bits per heavy atom. The van der Waals surface area contributed by atoms with Gasteiger partial charge in [-0.05, 0) is 19.3 Å². The van der Waals surface area contributed by atoms with E-state index in [1.807, 2.05) is 6.08 Å². The molecule has 3 aliphatic heterocycles.